The summed E-state index contributed by atoms with van der Waals surface area (Å²) >= 11 is 0. The fraction of sp³-hybridized carbons (Fsp3) is 0.0741. The molecule has 0 unspecified atom stereocenters. The summed E-state index contributed by atoms with van der Waals surface area (Å²) in [4.78, 5) is 13.1. The third-order valence-corrected chi connectivity index (χ3v) is 5.65. The number of phenolic OH excluding ortho intramolecular Hbond substituents is 6. The van der Waals surface area contributed by atoms with Gasteiger partial charge in [0.1, 0.15) is 5.78 Å². The van der Waals surface area contributed by atoms with E-state index in [1.807, 2.05) is 0 Å². The first-order chi connectivity index (χ1) is 16.3. The van der Waals surface area contributed by atoms with Crippen molar-refractivity contribution in [1.82, 2.24) is 0 Å². The topological polar surface area (TPSA) is 138 Å². The van der Waals surface area contributed by atoms with Crippen LogP contribution in [0.5, 0.6) is 34.5 Å². The zero-order valence-corrected chi connectivity index (χ0v) is 17.9. The Bertz CT molecular complexity index is 1290. The number of carbonyl (C=O) groups excluding carboxylic acids is 1. The van der Waals surface area contributed by atoms with Crippen molar-refractivity contribution in [3.05, 3.63) is 83.9 Å². The predicted molar refractivity (Wildman–Crippen MR) is 126 cm³/mol. The molecule has 0 heterocycles. The molecule has 4 aromatic carbocycles. The van der Waals surface area contributed by atoms with Gasteiger partial charge in [0.25, 0.3) is 0 Å². The smallest absolute Gasteiger partial charge is 0.200 e. The second-order valence-electron chi connectivity index (χ2n) is 7.87. The highest BCUT2D eigenvalue weighted by Crippen LogP contribution is 2.44. The monoisotopic (exact) mass is 458 g/mol. The van der Waals surface area contributed by atoms with Crippen molar-refractivity contribution in [2.24, 2.45) is 0 Å². The molecule has 0 fully saturated rings. The minimum Gasteiger partial charge on any atom is -0.504 e. The Balaban J connectivity index is 1.64. The molecule has 0 amide bonds. The summed E-state index contributed by atoms with van der Waals surface area (Å²) in [5.74, 6) is -3.27. The van der Waals surface area contributed by atoms with Crippen LogP contribution in [0.1, 0.15) is 11.1 Å². The molecule has 0 atom stereocenters. The van der Waals surface area contributed by atoms with Gasteiger partial charge in [0.05, 0.1) is 0 Å². The third-order valence-electron chi connectivity index (χ3n) is 5.65. The molecule has 0 radical (unpaired) electrons. The van der Waals surface area contributed by atoms with E-state index in [1.165, 1.54) is 24.3 Å². The SMILES string of the molecule is O=C(Cc1ccccc1-c1ccc(O)c(O)c1O)Cc1ccccc1-c1ccc(O)c(O)c1O. The van der Waals surface area contributed by atoms with E-state index in [4.69, 9.17) is 0 Å². The highest BCUT2D eigenvalue weighted by molar-refractivity contribution is 5.89. The quantitative estimate of drug-likeness (QED) is 0.232. The standard InChI is InChI=1S/C27H22O7/c28-17(13-15-5-1-3-7-18(15)20-9-11-22(29)26(33)24(20)31)14-16-6-2-4-8-19(16)21-10-12-23(30)27(34)25(21)32/h1-12,29-34H,13-14H2. The summed E-state index contributed by atoms with van der Waals surface area (Å²) in [6.45, 7) is 0. The van der Waals surface area contributed by atoms with Crippen molar-refractivity contribution in [2.75, 3.05) is 0 Å². The van der Waals surface area contributed by atoms with E-state index in [1.54, 1.807) is 48.5 Å². The normalized spacial score (nSPS) is 10.8. The van der Waals surface area contributed by atoms with E-state index in [2.05, 4.69) is 0 Å². The van der Waals surface area contributed by atoms with E-state index in [0.29, 0.717) is 22.3 Å². The second-order valence-corrected chi connectivity index (χ2v) is 7.87. The fourth-order valence-corrected chi connectivity index (χ4v) is 3.93. The molecule has 0 saturated heterocycles. The van der Waals surface area contributed by atoms with Crippen LogP contribution in [0.25, 0.3) is 22.3 Å². The Morgan fingerprint density at radius 3 is 1.26 bits per heavy atom. The zero-order valence-electron chi connectivity index (χ0n) is 17.9. The van der Waals surface area contributed by atoms with E-state index < -0.39 is 34.5 Å². The highest BCUT2D eigenvalue weighted by atomic mass is 16.3. The average molecular weight is 458 g/mol. The molecule has 4 aromatic rings. The molecule has 7 heteroatoms. The van der Waals surface area contributed by atoms with Crippen molar-refractivity contribution in [3.8, 4) is 56.8 Å². The van der Waals surface area contributed by atoms with Crippen LogP contribution in [0.3, 0.4) is 0 Å². The zero-order chi connectivity index (χ0) is 24.4. The molecule has 0 aliphatic heterocycles. The summed E-state index contributed by atoms with van der Waals surface area (Å²) < 4.78 is 0. The van der Waals surface area contributed by atoms with Crippen molar-refractivity contribution >= 4 is 5.78 Å². The Morgan fingerprint density at radius 2 is 0.853 bits per heavy atom. The van der Waals surface area contributed by atoms with Crippen LogP contribution in [0.15, 0.2) is 72.8 Å². The number of hydrogen-bond donors (Lipinski definition) is 6. The first-order valence-corrected chi connectivity index (χ1v) is 10.4. The summed E-state index contributed by atoms with van der Waals surface area (Å²) in [5.41, 5.74) is 2.88. The molecule has 0 aromatic heterocycles. The summed E-state index contributed by atoms with van der Waals surface area (Å²) in [6.07, 6.45) is 0.0524. The number of ketones is 1. The fourth-order valence-electron chi connectivity index (χ4n) is 3.93. The average Bonchev–Trinajstić information content (AvgIpc) is 2.82. The van der Waals surface area contributed by atoms with Gasteiger partial charge in [-0.1, -0.05) is 48.5 Å². The first kappa shape index (κ1) is 22.5. The predicted octanol–water partition coefficient (Wildman–Crippen LogP) is 4.61. The highest BCUT2D eigenvalue weighted by Gasteiger charge is 2.19. The minimum atomic E-state index is -0.635. The van der Waals surface area contributed by atoms with Gasteiger partial charge in [-0.2, -0.15) is 0 Å². The Kier molecular flexibility index (Phi) is 6.01. The van der Waals surface area contributed by atoms with Crippen LogP contribution in [0.4, 0.5) is 0 Å². The van der Waals surface area contributed by atoms with Gasteiger partial charge < -0.3 is 30.6 Å². The lowest BCUT2D eigenvalue weighted by molar-refractivity contribution is -0.117. The lowest BCUT2D eigenvalue weighted by Crippen LogP contribution is -2.08. The van der Waals surface area contributed by atoms with Crippen LogP contribution >= 0.6 is 0 Å². The molecule has 7 nitrogen and oxygen atoms in total. The first-order valence-electron chi connectivity index (χ1n) is 10.4. The van der Waals surface area contributed by atoms with E-state index in [-0.39, 0.29) is 29.8 Å². The van der Waals surface area contributed by atoms with Crippen molar-refractivity contribution in [3.63, 3.8) is 0 Å². The van der Waals surface area contributed by atoms with Gasteiger partial charge in [-0.3, -0.25) is 4.79 Å². The van der Waals surface area contributed by atoms with Gasteiger partial charge in [0.2, 0.25) is 11.5 Å². The number of Topliss-reactive ketones (excluding diaryl/α,β-unsaturated/α-hetero) is 1. The second kappa shape index (κ2) is 9.07. The maximum atomic E-state index is 13.1. The number of carbonyl (C=O) groups is 1. The summed E-state index contributed by atoms with van der Waals surface area (Å²) in [6, 6.07) is 19.3. The van der Waals surface area contributed by atoms with E-state index in [0.717, 1.165) is 0 Å². The van der Waals surface area contributed by atoms with Gasteiger partial charge in [-0.25, -0.2) is 0 Å². The molecule has 4 rings (SSSR count). The Labute approximate surface area is 195 Å². The molecule has 0 saturated carbocycles. The molecular weight excluding hydrogens is 436 g/mol. The summed E-state index contributed by atoms with van der Waals surface area (Å²) in [7, 11) is 0. The molecule has 0 bridgehead atoms. The molecular formula is C27H22O7. The molecule has 0 spiro atoms. The van der Waals surface area contributed by atoms with Gasteiger partial charge >= 0.3 is 0 Å². The van der Waals surface area contributed by atoms with E-state index >= 15 is 0 Å². The molecule has 0 aliphatic rings. The molecule has 34 heavy (non-hydrogen) atoms. The number of phenols is 6. The van der Waals surface area contributed by atoms with Crippen LogP contribution in [0, 0.1) is 0 Å². The van der Waals surface area contributed by atoms with Gasteiger partial charge in [0.15, 0.2) is 23.0 Å². The maximum absolute atomic E-state index is 13.1. The van der Waals surface area contributed by atoms with Gasteiger partial charge in [-0.15, -0.1) is 0 Å². The summed E-state index contributed by atoms with van der Waals surface area (Å²) in [5, 5.41) is 59.6. The number of benzene rings is 4. The molecule has 0 aliphatic carbocycles. The van der Waals surface area contributed by atoms with Crippen LogP contribution in [-0.2, 0) is 17.6 Å². The third kappa shape index (κ3) is 4.19. The lowest BCUT2D eigenvalue weighted by Gasteiger charge is -2.14. The van der Waals surface area contributed by atoms with Gasteiger partial charge in [0, 0.05) is 24.0 Å². The largest absolute Gasteiger partial charge is 0.504 e. The van der Waals surface area contributed by atoms with Crippen molar-refractivity contribution in [1.29, 1.82) is 0 Å². The minimum absolute atomic E-state index is 0.0262. The number of aromatic hydroxyl groups is 6. The van der Waals surface area contributed by atoms with Crippen LogP contribution in [0.2, 0.25) is 0 Å². The number of hydrogen-bond acceptors (Lipinski definition) is 7. The molecule has 6 N–H and O–H groups in total. The number of rotatable bonds is 6. The van der Waals surface area contributed by atoms with Crippen molar-refractivity contribution in [2.45, 2.75) is 12.8 Å². The van der Waals surface area contributed by atoms with E-state index in [9.17, 15) is 35.4 Å². The Morgan fingerprint density at radius 1 is 0.471 bits per heavy atom. The van der Waals surface area contributed by atoms with Crippen molar-refractivity contribution < 1.29 is 35.4 Å². The lowest BCUT2D eigenvalue weighted by atomic mass is 9.91. The van der Waals surface area contributed by atoms with Gasteiger partial charge in [-0.05, 0) is 46.5 Å². The Hall–Kier alpha value is -4.65. The molecule has 172 valence electrons. The maximum Gasteiger partial charge on any atom is 0.200 e. The van der Waals surface area contributed by atoms with Crippen LogP contribution in [-0.4, -0.2) is 36.4 Å². The van der Waals surface area contributed by atoms with Crippen LogP contribution < -0.4 is 0 Å².